The van der Waals surface area contributed by atoms with Crippen molar-refractivity contribution in [3.05, 3.63) is 29.3 Å². The van der Waals surface area contributed by atoms with Crippen LogP contribution in [0.2, 0.25) is 0 Å². The van der Waals surface area contributed by atoms with Crippen molar-refractivity contribution in [2.24, 2.45) is 5.73 Å². The summed E-state index contributed by atoms with van der Waals surface area (Å²) in [6.45, 7) is 8.01. The fourth-order valence-electron chi connectivity index (χ4n) is 1.46. The Hall–Kier alpha value is -1.83. The molecule has 0 aliphatic heterocycles. The number of carbonyl (C=O) groups excluding carboxylic acids is 1. The van der Waals surface area contributed by atoms with Crippen molar-refractivity contribution in [2.75, 3.05) is 18.5 Å². The number of hydrogen-bond donors (Lipinski definition) is 2. The smallest absolute Gasteiger partial charge is 0.250 e. The zero-order chi connectivity index (χ0) is 15.2. The molecule has 0 saturated heterocycles. The lowest BCUT2D eigenvalue weighted by Crippen LogP contribution is -2.27. The number of anilines is 1. The number of rotatable bonds is 3. The molecule has 0 bridgehead atoms. The molecule has 1 aromatic carbocycles. The van der Waals surface area contributed by atoms with Gasteiger partial charge < -0.3 is 15.8 Å². The van der Waals surface area contributed by atoms with Gasteiger partial charge in [-0.15, -0.1) is 0 Å². The van der Waals surface area contributed by atoms with Crippen LogP contribution in [-0.4, -0.2) is 24.7 Å². The fraction of sp³-hybridized carbons (Fsp3) is 0.438. The number of benzene rings is 1. The lowest BCUT2D eigenvalue weighted by atomic mass is 10.1. The molecule has 0 radical (unpaired) electrons. The van der Waals surface area contributed by atoms with Gasteiger partial charge in [-0.3, -0.25) is 4.79 Å². The number of amides is 1. The van der Waals surface area contributed by atoms with E-state index in [1.165, 1.54) is 0 Å². The van der Waals surface area contributed by atoms with E-state index in [-0.39, 0.29) is 18.1 Å². The molecular weight excluding hydrogens is 252 g/mol. The summed E-state index contributed by atoms with van der Waals surface area (Å²) >= 11 is 0. The Bertz CT molecular complexity index is 534. The summed E-state index contributed by atoms with van der Waals surface area (Å²) < 4.78 is 5.44. The summed E-state index contributed by atoms with van der Waals surface area (Å²) in [6, 6.07) is 5.66. The van der Waals surface area contributed by atoms with E-state index in [2.05, 4.69) is 17.2 Å². The van der Waals surface area contributed by atoms with Crippen LogP contribution in [-0.2, 0) is 9.53 Å². The first-order valence-electron chi connectivity index (χ1n) is 6.55. The Balaban J connectivity index is 2.73. The molecule has 20 heavy (non-hydrogen) atoms. The van der Waals surface area contributed by atoms with Gasteiger partial charge in [-0.25, -0.2) is 0 Å². The predicted octanol–water partition coefficient (Wildman–Crippen LogP) is 2.06. The first-order valence-corrected chi connectivity index (χ1v) is 6.55. The molecule has 1 amide bonds. The number of aryl methyl sites for hydroxylation is 1. The van der Waals surface area contributed by atoms with Crippen molar-refractivity contribution in [1.82, 2.24) is 0 Å². The van der Waals surface area contributed by atoms with Gasteiger partial charge in [0.05, 0.1) is 12.1 Å². The van der Waals surface area contributed by atoms with Gasteiger partial charge in [0.2, 0.25) is 5.91 Å². The molecule has 0 fully saturated rings. The van der Waals surface area contributed by atoms with Gasteiger partial charge in [0, 0.05) is 11.3 Å². The predicted molar refractivity (Wildman–Crippen MR) is 81.4 cm³/mol. The van der Waals surface area contributed by atoms with Crippen LogP contribution >= 0.6 is 0 Å². The molecule has 0 heterocycles. The second-order valence-electron chi connectivity index (χ2n) is 5.48. The van der Waals surface area contributed by atoms with E-state index < -0.39 is 0 Å². The van der Waals surface area contributed by atoms with Crippen molar-refractivity contribution in [3.8, 4) is 11.8 Å². The minimum atomic E-state index is -0.333. The highest BCUT2D eigenvalue weighted by molar-refractivity contribution is 5.92. The topological polar surface area (TPSA) is 64.3 Å². The van der Waals surface area contributed by atoms with E-state index >= 15 is 0 Å². The van der Waals surface area contributed by atoms with Crippen molar-refractivity contribution in [1.29, 1.82) is 0 Å². The average molecular weight is 274 g/mol. The zero-order valence-electron chi connectivity index (χ0n) is 12.5. The maximum Gasteiger partial charge on any atom is 0.250 e. The van der Waals surface area contributed by atoms with Crippen LogP contribution < -0.4 is 11.1 Å². The lowest BCUT2D eigenvalue weighted by molar-refractivity contribution is -0.125. The van der Waals surface area contributed by atoms with Gasteiger partial charge in [0.25, 0.3) is 0 Å². The van der Waals surface area contributed by atoms with Crippen molar-refractivity contribution in [2.45, 2.75) is 33.3 Å². The summed E-state index contributed by atoms with van der Waals surface area (Å²) in [5.74, 6) is 5.56. The van der Waals surface area contributed by atoms with Crippen LogP contribution in [0, 0.1) is 18.8 Å². The van der Waals surface area contributed by atoms with E-state index in [1.807, 2.05) is 45.9 Å². The standard InChI is InChI=1S/C16H22N2O2/c1-12-7-8-13(6-5-9-17)10-14(12)18-15(19)11-20-16(2,3)4/h7-8,10H,9,11,17H2,1-4H3,(H,18,19). The van der Waals surface area contributed by atoms with Gasteiger partial charge >= 0.3 is 0 Å². The number of ether oxygens (including phenoxy) is 1. The molecule has 0 aromatic heterocycles. The molecule has 3 N–H and O–H groups in total. The van der Waals surface area contributed by atoms with E-state index in [0.717, 1.165) is 16.8 Å². The Kier molecular flexibility index (Phi) is 5.75. The highest BCUT2D eigenvalue weighted by Crippen LogP contribution is 2.16. The highest BCUT2D eigenvalue weighted by Gasteiger charge is 2.13. The SMILES string of the molecule is Cc1ccc(C#CCN)cc1NC(=O)COC(C)(C)C. The quantitative estimate of drug-likeness (QED) is 0.829. The molecule has 0 atom stereocenters. The number of carbonyl (C=O) groups is 1. The normalized spacial score (nSPS) is 10.7. The molecular formula is C16H22N2O2. The van der Waals surface area contributed by atoms with Gasteiger partial charge in [0.1, 0.15) is 6.61 Å². The van der Waals surface area contributed by atoms with Crippen LogP contribution in [0.5, 0.6) is 0 Å². The minimum absolute atomic E-state index is 0.0294. The number of hydrogen-bond acceptors (Lipinski definition) is 3. The van der Waals surface area contributed by atoms with Crippen LogP contribution in [0.4, 0.5) is 5.69 Å². The Morgan fingerprint density at radius 2 is 2.10 bits per heavy atom. The summed E-state index contributed by atoms with van der Waals surface area (Å²) in [7, 11) is 0. The van der Waals surface area contributed by atoms with Crippen LogP contribution in [0.25, 0.3) is 0 Å². The third kappa shape index (κ3) is 5.87. The van der Waals surface area contributed by atoms with E-state index in [4.69, 9.17) is 10.5 Å². The molecule has 0 unspecified atom stereocenters. The summed E-state index contributed by atoms with van der Waals surface area (Å²) in [5, 5.41) is 2.84. The minimum Gasteiger partial charge on any atom is -0.366 e. The van der Waals surface area contributed by atoms with Gasteiger partial charge in [0.15, 0.2) is 0 Å². The summed E-state index contributed by atoms with van der Waals surface area (Å²) in [5.41, 5.74) is 7.57. The maximum atomic E-state index is 11.8. The van der Waals surface area contributed by atoms with Crippen molar-refractivity contribution >= 4 is 11.6 Å². The summed E-state index contributed by atoms with van der Waals surface area (Å²) in [4.78, 5) is 11.8. The molecule has 1 rings (SSSR count). The molecule has 1 aromatic rings. The average Bonchev–Trinajstić information content (AvgIpc) is 2.36. The molecule has 0 aliphatic rings. The third-order valence-corrected chi connectivity index (χ3v) is 2.48. The number of nitrogens with two attached hydrogens (primary N) is 1. The molecule has 0 saturated carbocycles. The first kappa shape index (κ1) is 16.2. The van der Waals surface area contributed by atoms with Crippen molar-refractivity contribution in [3.63, 3.8) is 0 Å². The first-order chi connectivity index (χ1) is 9.31. The van der Waals surface area contributed by atoms with Crippen LogP contribution in [0.3, 0.4) is 0 Å². The van der Waals surface area contributed by atoms with E-state index in [0.29, 0.717) is 6.54 Å². The van der Waals surface area contributed by atoms with Crippen molar-refractivity contribution < 1.29 is 9.53 Å². The summed E-state index contributed by atoms with van der Waals surface area (Å²) in [6.07, 6.45) is 0. The molecule has 0 aliphatic carbocycles. The number of nitrogens with one attached hydrogen (secondary N) is 1. The maximum absolute atomic E-state index is 11.8. The molecule has 4 nitrogen and oxygen atoms in total. The molecule has 4 heteroatoms. The largest absolute Gasteiger partial charge is 0.366 e. The zero-order valence-corrected chi connectivity index (χ0v) is 12.5. The van der Waals surface area contributed by atoms with Crippen LogP contribution in [0.15, 0.2) is 18.2 Å². The monoisotopic (exact) mass is 274 g/mol. The Morgan fingerprint density at radius 1 is 1.40 bits per heavy atom. The lowest BCUT2D eigenvalue weighted by Gasteiger charge is -2.19. The highest BCUT2D eigenvalue weighted by atomic mass is 16.5. The molecule has 108 valence electrons. The second-order valence-corrected chi connectivity index (χ2v) is 5.48. The Morgan fingerprint density at radius 3 is 2.70 bits per heavy atom. The van der Waals surface area contributed by atoms with Gasteiger partial charge in [-0.05, 0) is 45.4 Å². The fourth-order valence-corrected chi connectivity index (χ4v) is 1.46. The van der Waals surface area contributed by atoms with Gasteiger partial charge in [-0.1, -0.05) is 17.9 Å². The van der Waals surface area contributed by atoms with E-state index in [1.54, 1.807) is 0 Å². The van der Waals surface area contributed by atoms with Crippen LogP contribution in [0.1, 0.15) is 31.9 Å². The molecule has 0 spiro atoms. The van der Waals surface area contributed by atoms with Gasteiger partial charge in [-0.2, -0.15) is 0 Å². The van der Waals surface area contributed by atoms with E-state index in [9.17, 15) is 4.79 Å². The third-order valence-electron chi connectivity index (χ3n) is 2.48. The Labute approximate surface area is 120 Å². The second kappa shape index (κ2) is 7.09.